The van der Waals surface area contributed by atoms with Crippen molar-refractivity contribution < 1.29 is 28.7 Å². The van der Waals surface area contributed by atoms with Gasteiger partial charge in [0.2, 0.25) is 11.8 Å². The number of carbonyl (C=O) groups excluding carboxylic acids is 4. The molecular formula is C33H27ClFN3O5. The van der Waals surface area contributed by atoms with Gasteiger partial charge in [-0.15, -0.1) is 0 Å². The zero-order valence-corrected chi connectivity index (χ0v) is 23.8. The summed E-state index contributed by atoms with van der Waals surface area (Å²) in [6.07, 6.45) is 2.37. The number of rotatable bonds is 4. The van der Waals surface area contributed by atoms with Crippen LogP contribution in [0.5, 0.6) is 5.75 Å². The van der Waals surface area contributed by atoms with Gasteiger partial charge in [0.05, 0.1) is 28.9 Å². The lowest BCUT2D eigenvalue weighted by Crippen LogP contribution is -2.53. The van der Waals surface area contributed by atoms with Crippen molar-refractivity contribution in [2.24, 2.45) is 23.7 Å². The topological polar surface area (TPSA) is 107 Å². The number of benzene rings is 3. The number of hydrogen-bond donors (Lipinski definition) is 2. The first kappa shape index (κ1) is 27.3. The number of fused-ring (bicyclic) bond motifs is 4. The van der Waals surface area contributed by atoms with Crippen molar-refractivity contribution >= 4 is 40.9 Å². The molecule has 2 aliphatic heterocycles. The average Bonchev–Trinajstić information content (AvgIpc) is 3.35. The van der Waals surface area contributed by atoms with Crippen LogP contribution in [0.1, 0.15) is 29.9 Å². The number of nitrogens with zero attached hydrogens (tertiary/aromatic N) is 2. The smallest absolute Gasteiger partial charge is 0.260 e. The SMILES string of the molecule is CN1C(=O)C2CC=C3C(CC4C(=O)N(Nc5ccc(F)cc5)C(=O)C4(c4ccc(Cl)cc4)C3c3ccccc3O)C2C1=O. The molecule has 6 atom stereocenters. The van der Waals surface area contributed by atoms with Crippen molar-refractivity contribution in [1.29, 1.82) is 0 Å². The molecule has 7 rings (SSSR count). The molecule has 3 aromatic rings. The average molecular weight is 600 g/mol. The van der Waals surface area contributed by atoms with E-state index in [0.29, 0.717) is 28.3 Å². The molecule has 4 aliphatic rings. The number of aromatic hydroxyl groups is 1. The number of imide groups is 2. The Morgan fingerprint density at radius 1 is 0.907 bits per heavy atom. The summed E-state index contributed by atoms with van der Waals surface area (Å²) in [5.41, 5.74) is 3.42. The summed E-state index contributed by atoms with van der Waals surface area (Å²) in [4.78, 5) is 57.0. The van der Waals surface area contributed by atoms with Crippen LogP contribution >= 0.6 is 11.6 Å². The number of allylic oxidation sites excluding steroid dienone is 2. The quantitative estimate of drug-likeness (QED) is 0.330. The molecular weight excluding hydrogens is 573 g/mol. The van der Waals surface area contributed by atoms with Gasteiger partial charge in [0.25, 0.3) is 11.8 Å². The van der Waals surface area contributed by atoms with E-state index in [1.807, 2.05) is 6.08 Å². The van der Waals surface area contributed by atoms with Gasteiger partial charge in [-0.25, -0.2) is 4.39 Å². The fraction of sp³-hybridized carbons (Fsp3) is 0.273. The van der Waals surface area contributed by atoms with E-state index >= 15 is 0 Å². The Morgan fingerprint density at radius 2 is 1.60 bits per heavy atom. The Labute approximate surface area is 251 Å². The third kappa shape index (κ3) is 3.80. The molecule has 0 radical (unpaired) electrons. The van der Waals surface area contributed by atoms with Crippen LogP contribution < -0.4 is 5.43 Å². The zero-order valence-electron chi connectivity index (χ0n) is 23.0. The highest BCUT2D eigenvalue weighted by molar-refractivity contribution is 6.30. The Bertz CT molecular complexity index is 1720. The van der Waals surface area contributed by atoms with E-state index in [2.05, 4.69) is 5.43 Å². The minimum Gasteiger partial charge on any atom is -0.508 e. The van der Waals surface area contributed by atoms with E-state index in [1.165, 1.54) is 37.4 Å². The summed E-state index contributed by atoms with van der Waals surface area (Å²) in [5.74, 6) is -5.72. The molecule has 0 aromatic heterocycles. The van der Waals surface area contributed by atoms with Gasteiger partial charge in [-0.2, -0.15) is 5.01 Å². The number of phenols is 1. The van der Waals surface area contributed by atoms with E-state index in [-0.39, 0.29) is 24.0 Å². The third-order valence-electron chi connectivity index (χ3n) is 9.72. The van der Waals surface area contributed by atoms with Gasteiger partial charge in [0.1, 0.15) is 11.6 Å². The predicted octanol–water partition coefficient (Wildman–Crippen LogP) is 4.80. The Kier molecular flexibility index (Phi) is 6.21. The summed E-state index contributed by atoms with van der Waals surface area (Å²) in [5, 5.41) is 12.7. The van der Waals surface area contributed by atoms with Gasteiger partial charge >= 0.3 is 0 Å². The summed E-state index contributed by atoms with van der Waals surface area (Å²) in [6, 6.07) is 18.7. The number of likely N-dealkylation sites (tertiary alicyclic amines) is 1. The van der Waals surface area contributed by atoms with E-state index < -0.39 is 52.6 Å². The Hall–Kier alpha value is -4.50. The van der Waals surface area contributed by atoms with Crippen molar-refractivity contribution in [2.75, 3.05) is 12.5 Å². The van der Waals surface area contributed by atoms with E-state index in [1.54, 1.807) is 42.5 Å². The summed E-state index contributed by atoms with van der Waals surface area (Å²) < 4.78 is 13.7. The largest absolute Gasteiger partial charge is 0.508 e. The van der Waals surface area contributed by atoms with E-state index in [9.17, 15) is 28.7 Å². The lowest BCUT2D eigenvalue weighted by molar-refractivity contribution is -0.140. The maximum atomic E-state index is 14.9. The highest BCUT2D eigenvalue weighted by atomic mass is 35.5. The van der Waals surface area contributed by atoms with Crippen LogP contribution in [0.3, 0.4) is 0 Å². The number of para-hydroxylation sites is 1. The van der Waals surface area contributed by atoms with E-state index in [4.69, 9.17) is 11.6 Å². The van der Waals surface area contributed by atoms with E-state index in [0.717, 1.165) is 15.5 Å². The molecule has 1 saturated carbocycles. The summed E-state index contributed by atoms with van der Waals surface area (Å²) >= 11 is 6.27. The fourth-order valence-corrected chi connectivity index (χ4v) is 8.01. The highest BCUT2D eigenvalue weighted by Crippen LogP contribution is 2.64. The molecule has 43 heavy (non-hydrogen) atoms. The first-order valence-electron chi connectivity index (χ1n) is 14.1. The maximum Gasteiger partial charge on any atom is 0.260 e. The molecule has 10 heteroatoms. The third-order valence-corrected chi connectivity index (χ3v) is 9.98. The number of amides is 4. The molecule has 3 fully saturated rings. The second-order valence-corrected chi connectivity index (χ2v) is 12.1. The van der Waals surface area contributed by atoms with Crippen molar-refractivity contribution in [3.8, 4) is 5.75 Å². The van der Waals surface area contributed by atoms with Crippen molar-refractivity contribution in [3.05, 3.63) is 106 Å². The molecule has 0 spiro atoms. The minimum absolute atomic E-state index is 0.0561. The fourth-order valence-electron chi connectivity index (χ4n) is 7.89. The summed E-state index contributed by atoms with van der Waals surface area (Å²) in [7, 11) is 1.47. The van der Waals surface area contributed by atoms with Crippen LogP contribution in [0.15, 0.2) is 84.4 Å². The van der Waals surface area contributed by atoms with Crippen LogP contribution in [0.25, 0.3) is 0 Å². The number of phenolic OH excluding ortho intramolecular Hbond substituents is 1. The number of nitrogens with one attached hydrogen (secondary N) is 1. The Morgan fingerprint density at radius 3 is 2.30 bits per heavy atom. The van der Waals surface area contributed by atoms with Crippen molar-refractivity contribution in [3.63, 3.8) is 0 Å². The van der Waals surface area contributed by atoms with Crippen LogP contribution in [0, 0.1) is 29.5 Å². The second-order valence-electron chi connectivity index (χ2n) is 11.7. The minimum atomic E-state index is -1.53. The molecule has 6 unspecified atom stereocenters. The molecule has 4 amide bonds. The standard InChI is InChI=1S/C33H27ClFN3O5/c1-37-29(40)23-15-14-21-24(27(23)31(37)42)16-25-30(41)38(36-20-12-10-19(35)11-13-20)32(43)33(25,17-6-8-18(34)9-7-17)28(21)22-4-2-3-5-26(22)39/h2-14,23-25,27-28,36,39H,15-16H2,1H3. The molecule has 8 nitrogen and oxygen atoms in total. The number of halogens is 2. The highest BCUT2D eigenvalue weighted by Gasteiger charge is 2.70. The molecule has 2 aliphatic carbocycles. The zero-order chi connectivity index (χ0) is 30.2. The maximum absolute atomic E-state index is 14.9. The van der Waals surface area contributed by atoms with Gasteiger partial charge in [-0.3, -0.25) is 29.5 Å². The normalized spacial score (nSPS) is 29.7. The van der Waals surface area contributed by atoms with Crippen molar-refractivity contribution in [1.82, 2.24) is 9.91 Å². The number of hydrogen-bond acceptors (Lipinski definition) is 6. The van der Waals surface area contributed by atoms with Gasteiger partial charge in [-0.1, -0.05) is 53.6 Å². The summed E-state index contributed by atoms with van der Waals surface area (Å²) in [6.45, 7) is 0. The van der Waals surface area contributed by atoms with Crippen molar-refractivity contribution in [2.45, 2.75) is 24.2 Å². The van der Waals surface area contributed by atoms with Gasteiger partial charge in [0, 0.05) is 23.6 Å². The van der Waals surface area contributed by atoms with Crippen LogP contribution in [-0.4, -0.2) is 45.7 Å². The van der Waals surface area contributed by atoms with Crippen LogP contribution in [0.4, 0.5) is 10.1 Å². The predicted molar refractivity (Wildman–Crippen MR) is 155 cm³/mol. The monoisotopic (exact) mass is 599 g/mol. The lowest BCUT2D eigenvalue weighted by atomic mass is 9.49. The first-order valence-corrected chi connectivity index (χ1v) is 14.5. The molecule has 2 heterocycles. The van der Waals surface area contributed by atoms with Crippen LogP contribution in [-0.2, 0) is 24.6 Å². The first-order chi connectivity index (χ1) is 20.6. The number of anilines is 1. The molecule has 218 valence electrons. The number of carbonyl (C=O) groups is 4. The lowest BCUT2D eigenvalue weighted by Gasteiger charge is -2.50. The molecule has 3 aromatic carbocycles. The second kappa shape index (κ2) is 9.77. The van der Waals surface area contributed by atoms with Crippen LogP contribution in [0.2, 0.25) is 5.02 Å². The molecule has 2 saturated heterocycles. The molecule has 0 bridgehead atoms. The van der Waals surface area contributed by atoms with Gasteiger partial charge in [-0.05, 0) is 66.8 Å². The van der Waals surface area contributed by atoms with Gasteiger partial charge < -0.3 is 5.11 Å². The number of hydrazine groups is 1. The van der Waals surface area contributed by atoms with Gasteiger partial charge in [0.15, 0.2) is 0 Å². The Balaban J connectivity index is 1.47. The molecule has 2 N–H and O–H groups in total.